The highest BCUT2D eigenvalue weighted by molar-refractivity contribution is 7.95. The summed E-state index contributed by atoms with van der Waals surface area (Å²) in [4.78, 5) is 10.0. The van der Waals surface area contributed by atoms with Gasteiger partial charge in [0, 0.05) is 28.1 Å². The highest BCUT2D eigenvalue weighted by Crippen LogP contribution is 2.34. The van der Waals surface area contributed by atoms with Crippen molar-refractivity contribution in [2.24, 2.45) is 0 Å². The Kier molecular flexibility index (Phi) is 5.85. The van der Waals surface area contributed by atoms with Crippen molar-refractivity contribution in [2.75, 3.05) is 6.54 Å². The Bertz CT molecular complexity index is 1340. The van der Waals surface area contributed by atoms with Gasteiger partial charge in [0.1, 0.15) is 0 Å². The normalized spacial score (nSPS) is 15.6. The van der Waals surface area contributed by atoms with Crippen LogP contribution in [0.5, 0.6) is 0 Å². The van der Waals surface area contributed by atoms with Crippen LogP contribution < -0.4 is 0 Å². The molecule has 2 heterocycles. The van der Waals surface area contributed by atoms with E-state index < -0.39 is 10.4 Å². The number of halogens is 1. The van der Waals surface area contributed by atoms with Gasteiger partial charge in [0.05, 0.1) is 24.5 Å². The second-order valence-corrected chi connectivity index (χ2v) is 10.5. The third kappa shape index (κ3) is 4.35. The van der Waals surface area contributed by atoms with E-state index in [2.05, 4.69) is 0 Å². The zero-order chi connectivity index (χ0) is 23.0. The maximum atomic E-state index is 13.4. The van der Waals surface area contributed by atoms with Crippen molar-refractivity contribution in [3.63, 3.8) is 0 Å². The molecule has 0 N–H and O–H groups in total. The Labute approximate surface area is 199 Å². The molecule has 1 atom stereocenters. The van der Waals surface area contributed by atoms with Crippen LogP contribution in [0.4, 0.5) is 0 Å². The summed E-state index contributed by atoms with van der Waals surface area (Å²) in [6.07, 6.45) is 0.517. The molecule has 5 rings (SSSR count). The molecule has 0 aliphatic carbocycles. The van der Waals surface area contributed by atoms with Crippen LogP contribution >= 0.6 is 11.6 Å². The van der Waals surface area contributed by atoms with E-state index in [1.807, 2.05) is 73.7 Å². The Morgan fingerprint density at radius 1 is 0.909 bits per heavy atom. The average molecular weight is 476 g/mol. The molecule has 3 aromatic carbocycles. The van der Waals surface area contributed by atoms with E-state index in [-0.39, 0.29) is 6.54 Å². The Morgan fingerprint density at radius 3 is 2.30 bits per heavy atom. The Morgan fingerprint density at radius 2 is 1.61 bits per heavy atom. The molecule has 0 fully saturated rings. The highest BCUT2D eigenvalue weighted by atomic mass is 35.5. The van der Waals surface area contributed by atoms with Gasteiger partial charge in [-0.15, -0.1) is 4.31 Å². The molecule has 1 aromatic heterocycles. The first-order valence-electron chi connectivity index (χ1n) is 10.7. The summed E-state index contributed by atoms with van der Waals surface area (Å²) in [6, 6.07) is 24.2. The van der Waals surface area contributed by atoms with Crippen molar-refractivity contribution in [3.05, 3.63) is 101 Å². The predicted octanol–water partition coefficient (Wildman–Crippen LogP) is 5.73. The second-order valence-electron chi connectivity index (χ2n) is 8.10. The van der Waals surface area contributed by atoms with Crippen LogP contribution in [0.3, 0.4) is 0 Å². The van der Waals surface area contributed by atoms with Gasteiger partial charge in [0.15, 0.2) is 21.1 Å². The summed E-state index contributed by atoms with van der Waals surface area (Å²) < 4.78 is 28.2. The highest BCUT2D eigenvalue weighted by Gasteiger charge is 2.35. The topological polar surface area (TPSA) is 69.2 Å². The number of fused-ring (bicyclic) bond motifs is 1. The van der Waals surface area contributed by atoms with E-state index in [1.54, 1.807) is 12.1 Å². The lowest BCUT2D eigenvalue weighted by Gasteiger charge is -2.32. The Balaban J connectivity index is 1.60. The summed E-state index contributed by atoms with van der Waals surface area (Å²) in [6.45, 7) is 2.53. The average Bonchev–Trinajstić information content (AvgIpc) is 2.84. The largest absolute Gasteiger partial charge is 0.593 e. The van der Waals surface area contributed by atoms with Gasteiger partial charge in [-0.3, -0.25) is 0 Å². The zero-order valence-electron chi connectivity index (χ0n) is 18.1. The zero-order valence-corrected chi connectivity index (χ0v) is 19.6. The van der Waals surface area contributed by atoms with E-state index >= 15 is 0 Å². The van der Waals surface area contributed by atoms with Crippen LogP contribution in [0, 0.1) is 6.92 Å². The number of rotatable bonds is 4. The van der Waals surface area contributed by atoms with Crippen molar-refractivity contribution in [1.82, 2.24) is 14.3 Å². The summed E-state index contributed by atoms with van der Waals surface area (Å²) >= 11 is 6.11. The molecule has 166 valence electrons. The molecule has 0 radical (unpaired) electrons. The maximum Gasteiger partial charge on any atom is 0.175 e. The number of sulfonamides is 1. The van der Waals surface area contributed by atoms with Crippen LogP contribution in [0.1, 0.15) is 16.8 Å². The molecule has 5 nitrogen and oxygen atoms in total. The first-order chi connectivity index (χ1) is 15.9. The molecule has 0 spiro atoms. The van der Waals surface area contributed by atoms with Crippen LogP contribution in [0.15, 0.2) is 83.8 Å². The minimum absolute atomic E-state index is 0.221. The molecule has 4 aromatic rings. The minimum Gasteiger partial charge on any atom is -0.593 e. The fraction of sp³-hybridized carbons (Fsp3) is 0.154. The molecule has 1 aliphatic rings. The third-order valence-electron chi connectivity index (χ3n) is 5.83. The summed E-state index contributed by atoms with van der Waals surface area (Å²) in [5, 5.41) is 0.633. The lowest BCUT2D eigenvalue weighted by Crippen LogP contribution is -2.40. The first kappa shape index (κ1) is 21.9. The molecule has 7 heteroatoms. The summed E-state index contributed by atoms with van der Waals surface area (Å²) in [7, 11) is -3.63. The van der Waals surface area contributed by atoms with Crippen LogP contribution in [0.2, 0.25) is 5.02 Å². The number of nitrogens with zero attached hydrogens (tertiary/aromatic N) is 3. The van der Waals surface area contributed by atoms with Crippen LogP contribution in [-0.4, -0.2) is 25.4 Å². The quantitative estimate of drug-likeness (QED) is 0.353. The van der Waals surface area contributed by atoms with E-state index in [0.29, 0.717) is 28.7 Å². The van der Waals surface area contributed by atoms with E-state index in [1.165, 1.54) is 4.31 Å². The molecule has 0 bridgehead atoms. The Hall–Kier alpha value is -2.90. The van der Waals surface area contributed by atoms with Crippen molar-refractivity contribution in [2.45, 2.75) is 24.8 Å². The number of hydrogen-bond acceptors (Lipinski definition) is 4. The maximum absolute atomic E-state index is 13.4. The summed E-state index contributed by atoms with van der Waals surface area (Å²) in [5.74, 6) is 0.633. The molecule has 0 saturated heterocycles. The van der Waals surface area contributed by atoms with Gasteiger partial charge >= 0.3 is 0 Å². The van der Waals surface area contributed by atoms with Crippen molar-refractivity contribution < 1.29 is 8.76 Å². The smallest absolute Gasteiger partial charge is 0.175 e. The molecule has 0 saturated carbocycles. The lowest BCUT2D eigenvalue weighted by molar-refractivity contribution is 0.337. The van der Waals surface area contributed by atoms with Gasteiger partial charge in [0.25, 0.3) is 0 Å². The second kappa shape index (κ2) is 8.80. The van der Waals surface area contributed by atoms with Crippen molar-refractivity contribution in [1.29, 1.82) is 0 Å². The predicted molar refractivity (Wildman–Crippen MR) is 130 cm³/mol. The fourth-order valence-corrected chi connectivity index (χ4v) is 5.55. The number of hydrogen-bond donors (Lipinski definition) is 0. The number of aryl methyl sites for hydroxylation is 1. The van der Waals surface area contributed by atoms with E-state index in [4.69, 9.17) is 21.6 Å². The monoisotopic (exact) mass is 475 g/mol. The fourth-order valence-electron chi connectivity index (χ4n) is 4.02. The third-order valence-corrected chi connectivity index (χ3v) is 7.95. The van der Waals surface area contributed by atoms with Gasteiger partial charge in [-0.1, -0.05) is 76.0 Å². The standard InChI is InChI=1S/C26H22ClN3O2S/c1-18-7-13-22(14-8-18)33(31,32)30-16-15-24-23(17-30)25(19-9-11-21(27)12-10-19)29-26(28-24)20-5-3-2-4-6-20/h2-14H,15-17H2,1H3. The number of aromatic nitrogens is 2. The minimum atomic E-state index is -3.63. The van der Waals surface area contributed by atoms with E-state index in [0.717, 1.165) is 33.6 Å². The molecule has 1 unspecified atom stereocenters. The summed E-state index contributed by atoms with van der Waals surface area (Å²) in [5.41, 5.74) is 5.27. The molecule has 0 amide bonds. The van der Waals surface area contributed by atoms with Gasteiger partial charge in [0.2, 0.25) is 0 Å². The van der Waals surface area contributed by atoms with Crippen LogP contribution in [0.25, 0.3) is 22.6 Å². The molecule has 33 heavy (non-hydrogen) atoms. The van der Waals surface area contributed by atoms with Gasteiger partial charge in [-0.25, -0.2) is 9.97 Å². The first-order valence-corrected chi connectivity index (χ1v) is 12.5. The van der Waals surface area contributed by atoms with Crippen molar-refractivity contribution >= 4 is 22.0 Å². The van der Waals surface area contributed by atoms with Crippen molar-refractivity contribution in [3.8, 4) is 22.6 Å². The van der Waals surface area contributed by atoms with Gasteiger partial charge in [-0.2, -0.15) is 0 Å². The number of benzene rings is 3. The molecular weight excluding hydrogens is 454 g/mol. The van der Waals surface area contributed by atoms with Gasteiger partial charge in [-0.05, 0) is 31.2 Å². The van der Waals surface area contributed by atoms with Gasteiger partial charge < -0.3 is 4.55 Å². The molecule has 1 aliphatic heterocycles. The SMILES string of the molecule is Cc1ccc([S+](=O)([O-])N2CCc3nc(-c4ccccc4)nc(-c4ccc(Cl)cc4)c3C2)cc1. The molecular formula is C26H22ClN3O2S. The lowest BCUT2D eigenvalue weighted by atomic mass is 9.99. The van der Waals surface area contributed by atoms with Crippen LogP contribution in [-0.2, 0) is 27.6 Å². The van der Waals surface area contributed by atoms with E-state index in [9.17, 15) is 8.76 Å².